The van der Waals surface area contributed by atoms with Gasteiger partial charge in [-0.05, 0) is 24.8 Å². The van der Waals surface area contributed by atoms with Gasteiger partial charge in [0.05, 0.1) is 5.01 Å². The fraction of sp³-hybridized carbons (Fsp3) is 0.692. The van der Waals surface area contributed by atoms with Crippen LogP contribution in [0.3, 0.4) is 0 Å². The molecule has 0 spiro atoms. The van der Waals surface area contributed by atoms with E-state index in [1.807, 2.05) is 10.3 Å². The van der Waals surface area contributed by atoms with E-state index in [1.165, 1.54) is 11.3 Å². The number of nitrogens with zero attached hydrogens (tertiary/aromatic N) is 2. The highest BCUT2D eigenvalue weighted by Gasteiger charge is 2.29. The van der Waals surface area contributed by atoms with Gasteiger partial charge in [-0.15, -0.1) is 11.3 Å². The van der Waals surface area contributed by atoms with Gasteiger partial charge in [-0.2, -0.15) is 0 Å². The average Bonchev–Trinajstić information content (AvgIpc) is 2.77. The van der Waals surface area contributed by atoms with Gasteiger partial charge >= 0.3 is 0 Å². The number of likely N-dealkylation sites (tertiary alicyclic amines) is 1. The van der Waals surface area contributed by atoms with Crippen molar-refractivity contribution in [2.24, 2.45) is 11.1 Å². The Balaban J connectivity index is 1.98. The van der Waals surface area contributed by atoms with E-state index in [2.05, 4.69) is 18.8 Å². The summed E-state index contributed by atoms with van der Waals surface area (Å²) in [5.74, 6) is 0.0741. The zero-order valence-corrected chi connectivity index (χ0v) is 11.9. The molecule has 2 rings (SSSR count). The molecule has 100 valence electrons. The molecule has 1 aromatic rings. The molecule has 1 aliphatic rings. The maximum Gasteiger partial charge on any atom is 0.273 e. The molecule has 0 unspecified atom stereocenters. The quantitative estimate of drug-likeness (QED) is 0.910. The van der Waals surface area contributed by atoms with E-state index in [0.717, 1.165) is 37.4 Å². The molecule has 0 aliphatic carbocycles. The molecule has 5 heteroatoms. The Morgan fingerprint density at radius 2 is 2.17 bits per heavy atom. The molecule has 0 saturated carbocycles. The summed E-state index contributed by atoms with van der Waals surface area (Å²) in [6.07, 6.45) is 2.89. The minimum Gasteiger partial charge on any atom is -0.337 e. The number of amides is 1. The Hall–Kier alpha value is -0.940. The van der Waals surface area contributed by atoms with E-state index in [-0.39, 0.29) is 5.91 Å². The van der Waals surface area contributed by atoms with Crippen LogP contribution in [0.1, 0.15) is 42.2 Å². The highest BCUT2D eigenvalue weighted by atomic mass is 32.1. The van der Waals surface area contributed by atoms with Gasteiger partial charge in [0.2, 0.25) is 0 Å². The van der Waals surface area contributed by atoms with Crippen molar-refractivity contribution in [1.82, 2.24) is 9.88 Å². The van der Waals surface area contributed by atoms with E-state index >= 15 is 0 Å². The molecule has 2 N–H and O–H groups in total. The van der Waals surface area contributed by atoms with Crippen molar-refractivity contribution in [3.8, 4) is 0 Å². The van der Waals surface area contributed by atoms with Crippen molar-refractivity contribution in [1.29, 1.82) is 0 Å². The van der Waals surface area contributed by atoms with Crippen LogP contribution in [0.2, 0.25) is 0 Å². The predicted molar refractivity (Wildman–Crippen MR) is 73.8 cm³/mol. The minimum absolute atomic E-state index is 0.0741. The first-order chi connectivity index (χ1) is 8.52. The Morgan fingerprint density at radius 1 is 1.50 bits per heavy atom. The molecule has 1 saturated heterocycles. The summed E-state index contributed by atoms with van der Waals surface area (Å²) in [7, 11) is 0. The second kappa shape index (κ2) is 5.36. The lowest BCUT2D eigenvalue weighted by atomic mass is 9.82. The number of carbonyl (C=O) groups excluding carboxylic acids is 1. The molecule has 4 nitrogen and oxygen atoms in total. The molecule has 0 aromatic carbocycles. The first kappa shape index (κ1) is 13.5. The highest BCUT2D eigenvalue weighted by molar-refractivity contribution is 7.09. The molecule has 2 heterocycles. The van der Waals surface area contributed by atoms with Crippen LogP contribution in [0.5, 0.6) is 0 Å². The molecule has 1 aromatic heterocycles. The van der Waals surface area contributed by atoms with Crippen LogP contribution in [0, 0.1) is 5.41 Å². The van der Waals surface area contributed by atoms with E-state index in [4.69, 9.17) is 5.73 Å². The van der Waals surface area contributed by atoms with Gasteiger partial charge in [0.25, 0.3) is 5.91 Å². The number of nitrogens with two attached hydrogens (primary N) is 1. The Bertz CT molecular complexity index is 418. The zero-order chi connectivity index (χ0) is 13.2. The van der Waals surface area contributed by atoms with Crippen molar-refractivity contribution in [2.45, 2.75) is 33.1 Å². The van der Waals surface area contributed by atoms with Gasteiger partial charge in [0.15, 0.2) is 0 Å². The minimum atomic E-state index is 0.0741. The summed E-state index contributed by atoms with van der Waals surface area (Å²) in [5, 5.41) is 2.81. The predicted octanol–water partition coefficient (Wildman–Crippen LogP) is 1.91. The fourth-order valence-corrected chi connectivity index (χ4v) is 2.91. The molecular formula is C13H21N3OS. The van der Waals surface area contributed by atoms with Crippen molar-refractivity contribution >= 4 is 17.2 Å². The maximum atomic E-state index is 12.3. The van der Waals surface area contributed by atoms with Crippen molar-refractivity contribution in [3.63, 3.8) is 0 Å². The van der Waals surface area contributed by atoms with Crippen LogP contribution < -0.4 is 5.73 Å². The first-order valence-corrected chi connectivity index (χ1v) is 7.33. The maximum absolute atomic E-state index is 12.3. The molecule has 0 radical (unpaired) electrons. The van der Waals surface area contributed by atoms with E-state index in [1.54, 1.807) is 0 Å². The van der Waals surface area contributed by atoms with Crippen LogP contribution in [-0.2, 0) is 6.42 Å². The normalized spacial score (nSPS) is 18.9. The second-order valence-electron chi connectivity index (χ2n) is 5.62. The third-order valence-corrected chi connectivity index (χ3v) is 4.44. The van der Waals surface area contributed by atoms with Gasteiger partial charge in [0, 0.05) is 24.9 Å². The van der Waals surface area contributed by atoms with Crippen molar-refractivity contribution in [3.05, 3.63) is 16.1 Å². The molecule has 1 amide bonds. The Kier molecular flexibility index (Phi) is 4.02. The SMILES string of the molecule is CC1(C)CCN(C(=O)c2csc(CCN)n2)CC1. The smallest absolute Gasteiger partial charge is 0.273 e. The summed E-state index contributed by atoms with van der Waals surface area (Å²) in [4.78, 5) is 18.5. The number of piperidine rings is 1. The Morgan fingerprint density at radius 3 is 2.78 bits per heavy atom. The van der Waals surface area contributed by atoms with Gasteiger partial charge in [0.1, 0.15) is 5.69 Å². The van der Waals surface area contributed by atoms with Crippen LogP contribution in [0.15, 0.2) is 5.38 Å². The zero-order valence-electron chi connectivity index (χ0n) is 11.1. The van der Waals surface area contributed by atoms with Crippen LogP contribution in [0.4, 0.5) is 0 Å². The topological polar surface area (TPSA) is 59.2 Å². The van der Waals surface area contributed by atoms with Crippen molar-refractivity contribution < 1.29 is 4.79 Å². The number of hydrogen-bond donors (Lipinski definition) is 1. The third kappa shape index (κ3) is 3.09. The summed E-state index contributed by atoms with van der Waals surface area (Å²) in [5.41, 5.74) is 6.44. The number of carbonyl (C=O) groups is 1. The highest BCUT2D eigenvalue weighted by Crippen LogP contribution is 2.30. The molecular weight excluding hydrogens is 246 g/mol. The standard InChI is InChI=1S/C13H21N3OS/c1-13(2)4-7-16(8-5-13)12(17)10-9-18-11(15-10)3-6-14/h9H,3-8,14H2,1-2H3. The van der Waals surface area contributed by atoms with E-state index in [9.17, 15) is 4.79 Å². The average molecular weight is 267 g/mol. The summed E-state index contributed by atoms with van der Waals surface area (Å²) in [6, 6.07) is 0. The Labute approximate surface area is 112 Å². The van der Waals surface area contributed by atoms with Gasteiger partial charge < -0.3 is 10.6 Å². The number of hydrogen-bond acceptors (Lipinski definition) is 4. The van der Waals surface area contributed by atoms with Gasteiger partial charge in [-0.25, -0.2) is 4.98 Å². The van der Waals surface area contributed by atoms with Gasteiger partial charge in [-0.1, -0.05) is 13.8 Å². The summed E-state index contributed by atoms with van der Waals surface area (Å²) < 4.78 is 0. The number of thiazole rings is 1. The first-order valence-electron chi connectivity index (χ1n) is 6.45. The summed E-state index contributed by atoms with van der Waals surface area (Å²) >= 11 is 1.53. The summed E-state index contributed by atoms with van der Waals surface area (Å²) in [6.45, 7) is 6.79. The van der Waals surface area contributed by atoms with E-state index in [0.29, 0.717) is 17.7 Å². The van der Waals surface area contributed by atoms with Crippen LogP contribution in [-0.4, -0.2) is 35.4 Å². The largest absolute Gasteiger partial charge is 0.337 e. The van der Waals surface area contributed by atoms with Gasteiger partial charge in [-0.3, -0.25) is 4.79 Å². The molecule has 1 fully saturated rings. The van der Waals surface area contributed by atoms with Crippen LogP contribution >= 0.6 is 11.3 Å². The lowest BCUT2D eigenvalue weighted by Crippen LogP contribution is -2.41. The van der Waals surface area contributed by atoms with Crippen LogP contribution in [0.25, 0.3) is 0 Å². The lowest BCUT2D eigenvalue weighted by Gasteiger charge is -2.36. The molecule has 1 aliphatic heterocycles. The second-order valence-corrected chi connectivity index (χ2v) is 6.56. The van der Waals surface area contributed by atoms with Crippen molar-refractivity contribution in [2.75, 3.05) is 19.6 Å². The lowest BCUT2D eigenvalue weighted by molar-refractivity contribution is 0.0625. The monoisotopic (exact) mass is 267 g/mol. The number of rotatable bonds is 3. The molecule has 0 bridgehead atoms. The molecule has 0 atom stereocenters. The molecule has 18 heavy (non-hydrogen) atoms. The third-order valence-electron chi connectivity index (χ3n) is 3.53. The van der Waals surface area contributed by atoms with E-state index < -0.39 is 0 Å². The fourth-order valence-electron chi connectivity index (χ4n) is 2.12. The number of aromatic nitrogens is 1.